The summed E-state index contributed by atoms with van der Waals surface area (Å²) in [7, 11) is 3.32. The van der Waals surface area contributed by atoms with Crippen molar-refractivity contribution in [2.45, 2.75) is 19.4 Å². The third-order valence-corrected chi connectivity index (χ3v) is 4.58. The summed E-state index contributed by atoms with van der Waals surface area (Å²) in [5.41, 5.74) is 1.41. The smallest absolute Gasteiger partial charge is 0.358 e. The highest BCUT2D eigenvalue weighted by Gasteiger charge is 2.35. The van der Waals surface area contributed by atoms with Crippen molar-refractivity contribution >= 4 is 17.8 Å². The lowest BCUT2D eigenvalue weighted by atomic mass is 10.1. The van der Waals surface area contributed by atoms with Crippen molar-refractivity contribution in [1.82, 2.24) is 15.0 Å². The monoisotopic (exact) mass is 380 g/mol. The second-order valence-corrected chi connectivity index (χ2v) is 6.44. The molecule has 1 unspecified atom stereocenters. The van der Waals surface area contributed by atoms with Crippen molar-refractivity contribution in [3.8, 4) is 0 Å². The largest absolute Gasteiger partial charge is 0.459 e. The molecule has 0 saturated carbocycles. The summed E-state index contributed by atoms with van der Waals surface area (Å²) in [6, 6.07) is 17.9. The molecule has 7 heteroatoms. The highest BCUT2D eigenvalue weighted by Crippen LogP contribution is 2.27. The Balaban J connectivity index is 1.90. The van der Waals surface area contributed by atoms with Gasteiger partial charge >= 0.3 is 12.0 Å². The molecule has 0 N–H and O–H groups in total. The molecule has 0 fully saturated rings. The van der Waals surface area contributed by atoms with Crippen LogP contribution < -0.4 is 0 Å². The van der Waals surface area contributed by atoms with Gasteiger partial charge in [0.1, 0.15) is 18.5 Å². The summed E-state index contributed by atoms with van der Waals surface area (Å²) in [6.07, 6.45) is 0.623. The van der Waals surface area contributed by atoms with E-state index in [0.29, 0.717) is 17.8 Å². The van der Waals surface area contributed by atoms with Gasteiger partial charge in [-0.1, -0.05) is 55.5 Å². The number of rotatable bonds is 6. The van der Waals surface area contributed by atoms with Crippen LogP contribution in [0.4, 0.5) is 4.79 Å². The van der Waals surface area contributed by atoms with Crippen LogP contribution in [0.5, 0.6) is 0 Å². The molecule has 3 rings (SSSR count). The van der Waals surface area contributed by atoms with Gasteiger partial charge in [-0.3, -0.25) is 5.01 Å². The molecule has 28 heavy (non-hydrogen) atoms. The van der Waals surface area contributed by atoms with Gasteiger partial charge in [0.05, 0.1) is 5.56 Å². The number of carbonyl (C=O) groups excluding carboxylic acids is 2. The topological polar surface area (TPSA) is 65.5 Å². The fourth-order valence-corrected chi connectivity index (χ4v) is 3.15. The van der Waals surface area contributed by atoms with Crippen LogP contribution in [-0.2, 0) is 4.74 Å². The van der Waals surface area contributed by atoms with Crippen LogP contribution in [0.3, 0.4) is 0 Å². The van der Waals surface area contributed by atoms with Gasteiger partial charge in [0, 0.05) is 20.5 Å². The minimum Gasteiger partial charge on any atom is -0.459 e. The maximum absolute atomic E-state index is 12.5. The number of nitrogens with zero attached hydrogens (tertiary/aromatic N) is 4. The molecule has 0 bridgehead atoms. The molecule has 1 heterocycles. The van der Waals surface area contributed by atoms with Gasteiger partial charge in [0.15, 0.2) is 0 Å². The summed E-state index contributed by atoms with van der Waals surface area (Å²) in [5, 5.41) is 9.02. The first kappa shape index (κ1) is 19.4. The lowest BCUT2D eigenvalue weighted by Gasteiger charge is -2.43. The minimum absolute atomic E-state index is 0.0814. The average Bonchev–Trinajstić information content (AvgIpc) is 2.74. The Labute approximate surface area is 164 Å². The van der Waals surface area contributed by atoms with E-state index in [4.69, 9.17) is 4.74 Å². The highest BCUT2D eigenvalue weighted by molar-refractivity contribution is 5.90. The van der Waals surface area contributed by atoms with Crippen molar-refractivity contribution in [3.63, 3.8) is 0 Å². The van der Waals surface area contributed by atoms with Crippen LogP contribution in [0.1, 0.15) is 35.3 Å². The van der Waals surface area contributed by atoms with Crippen molar-refractivity contribution in [1.29, 1.82) is 0 Å². The van der Waals surface area contributed by atoms with Gasteiger partial charge in [-0.15, -0.1) is 0 Å². The second-order valence-electron chi connectivity index (χ2n) is 6.44. The number of hydrogen-bond donors (Lipinski definition) is 0. The van der Waals surface area contributed by atoms with E-state index in [2.05, 4.69) is 5.10 Å². The fourth-order valence-electron chi connectivity index (χ4n) is 3.15. The Morgan fingerprint density at radius 2 is 1.64 bits per heavy atom. The molecular weight excluding hydrogens is 356 g/mol. The molecule has 7 nitrogen and oxygen atoms in total. The first-order chi connectivity index (χ1) is 13.5. The molecule has 0 spiro atoms. The SMILES string of the molecule is CCC1=NN(C)C(=O)N(C)N1C(COC(=O)c1ccccc1)c1ccccc1. The van der Waals surface area contributed by atoms with E-state index in [1.807, 2.05) is 43.3 Å². The number of amides is 2. The molecule has 2 aromatic carbocycles. The molecule has 2 amide bonds. The van der Waals surface area contributed by atoms with E-state index in [-0.39, 0.29) is 18.7 Å². The first-order valence-corrected chi connectivity index (χ1v) is 9.18. The van der Waals surface area contributed by atoms with Gasteiger partial charge in [-0.25, -0.2) is 19.6 Å². The summed E-state index contributed by atoms with van der Waals surface area (Å²) >= 11 is 0. The van der Waals surface area contributed by atoms with Crippen molar-refractivity contribution < 1.29 is 14.3 Å². The Bertz CT molecular complexity index is 854. The molecule has 0 aromatic heterocycles. The number of carbonyl (C=O) groups is 2. The second kappa shape index (κ2) is 8.56. The van der Waals surface area contributed by atoms with Gasteiger partial charge in [-0.2, -0.15) is 5.10 Å². The zero-order valence-corrected chi connectivity index (χ0v) is 16.3. The predicted molar refractivity (Wildman–Crippen MR) is 106 cm³/mol. The minimum atomic E-state index is -0.403. The fraction of sp³-hybridized carbons (Fsp3) is 0.286. The number of hydrogen-bond acceptors (Lipinski definition) is 5. The number of amidine groups is 1. The van der Waals surface area contributed by atoms with Crippen LogP contribution in [-0.4, -0.2) is 53.6 Å². The molecule has 0 saturated heterocycles. The zero-order valence-electron chi connectivity index (χ0n) is 16.3. The van der Waals surface area contributed by atoms with Crippen LogP contribution in [0.2, 0.25) is 0 Å². The Morgan fingerprint density at radius 3 is 2.25 bits per heavy atom. The molecule has 1 atom stereocenters. The molecular formula is C21H24N4O3. The number of hydrazine groups is 1. The Hall–Kier alpha value is -3.35. The van der Waals surface area contributed by atoms with E-state index in [1.54, 1.807) is 43.4 Å². The summed E-state index contributed by atoms with van der Waals surface area (Å²) in [6.45, 7) is 2.05. The van der Waals surface area contributed by atoms with Gasteiger partial charge < -0.3 is 4.74 Å². The quantitative estimate of drug-likeness (QED) is 0.719. The van der Waals surface area contributed by atoms with Crippen LogP contribution in [0, 0.1) is 0 Å². The standard InChI is InChI=1S/C21H24N4O3/c1-4-19-22-23(2)21(27)24(3)25(19)18(16-11-7-5-8-12-16)15-28-20(26)17-13-9-6-10-14-17/h5-14,18H,4,15H2,1-3H3. The van der Waals surface area contributed by atoms with E-state index in [9.17, 15) is 9.59 Å². The Morgan fingerprint density at radius 1 is 1.04 bits per heavy atom. The van der Waals surface area contributed by atoms with Crippen molar-refractivity contribution in [2.75, 3.05) is 20.7 Å². The average molecular weight is 380 g/mol. The molecule has 1 aliphatic rings. The summed E-state index contributed by atoms with van der Waals surface area (Å²) in [5.74, 6) is 0.314. The van der Waals surface area contributed by atoms with Gasteiger partial charge in [0.25, 0.3) is 0 Å². The number of ether oxygens (including phenoxy) is 1. The highest BCUT2D eigenvalue weighted by atomic mass is 16.5. The molecule has 0 aliphatic carbocycles. The summed E-state index contributed by atoms with van der Waals surface area (Å²) < 4.78 is 5.61. The maximum Gasteiger partial charge on any atom is 0.358 e. The first-order valence-electron chi connectivity index (χ1n) is 9.18. The molecule has 0 radical (unpaired) electrons. The normalized spacial score (nSPS) is 15.3. The Kier molecular flexibility index (Phi) is 5.93. The number of hydrazone groups is 1. The van der Waals surface area contributed by atoms with E-state index >= 15 is 0 Å². The van der Waals surface area contributed by atoms with Gasteiger partial charge in [0.2, 0.25) is 0 Å². The lowest BCUT2D eigenvalue weighted by molar-refractivity contribution is -0.00238. The summed E-state index contributed by atoms with van der Waals surface area (Å²) in [4.78, 5) is 24.9. The lowest BCUT2D eigenvalue weighted by Crippen LogP contribution is -2.57. The van der Waals surface area contributed by atoms with Crippen molar-refractivity contribution in [3.05, 3.63) is 71.8 Å². The predicted octanol–water partition coefficient (Wildman–Crippen LogP) is 3.52. The third kappa shape index (κ3) is 3.98. The van der Waals surface area contributed by atoms with Crippen molar-refractivity contribution in [2.24, 2.45) is 5.10 Å². The number of esters is 1. The zero-order chi connectivity index (χ0) is 20.1. The van der Waals surface area contributed by atoms with Crippen LogP contribution in [0.15, 0.2) is 65.8 Å². The van der Waals surface area contributed by atoms with Crippen LogP contribution >= 0.6 is 0 Å². The number of benzene rings is 2. The molecule has 1 aliphatic heterocycles. The number of urea groups is 1. The van der Waals surface area contributed by atoms with Gasteiger partial charge in [-0.05, 0) is 17.7 Å². The molecule has 2 aromatic rings. The maximum atomic E-state index is 12.5. The van der Waals surface area contributed by atoms with Crippen LogP contribution in [0.25, 0.3) is 0 Å². The third-order valence-electron chi connectivity index (χ3n) is 4.58. The van der Waals surface area contributed by atoms with E-state index in [0.717, 1.165) is 5.56 Å². The molecule has 146 valence electrons. The van der Waals surface area contributed by atoms with E-state index < -0.39 is 5.97 Å². The van der Waals surface area contributed by atoms with E-state index in [1.165, 1.54) is 10.0 Å².